The highest BCUT2D eigenvalue weighted by molar-refractivity contribution is 6.04. The number of hydrogen-bond acceptors (Lipinski definition) is 3. The molecule has 196 valence electrons. The van der Waals surface area contributed by atoms with E-state index < -0.39 is 0 Å². The number of nitrogens with one attached hydrogen (secondary N) is 1. The molecule has 1 unspecified atom stereocenters. The molecule has 1 saturated heterocycles. The second-order valence-electron chi connectivity index (χ2n) is 11.5. The van der Waals surface area contributed by atoms with E-state index in [0.717, 1.165) is 57.5 Å². The van der Waals surface area contributed by atoms with Crippen LogP contribution in [-0.4, -0.2) is 53.8 Å². The summed E-state index contributed by atoms with van der Waals surface area (Å²) in [4.78, 5) is 29.1. The highest BCUT2D eigenvalue weighted by Gasteiger charge is 2.24. The van der Waals surface area contributed by atoms with Crippen LogP contribution in [0.5, 0.6) is 0 Å². The summed E-state index contributed by atoms with van der Waals surface area (Å²) in [5.41, 5.74) is 4.03. The number of carbonyl (C=O) groups is 2. The van der Waals surface area contributed by atoms with Crippen LogP contribution in [-0.2, 0) is 16.6 Å². The van der Waals surface area contributed by atoms with Gasteiger partial charge in [0.1, 0.15) is 0 Å². The number of carbonyl (C=O) groups excluding carboxylic acids is 2. The molecule has 2 aromatic carbocycles. The number of likely N-dealkylation sites (tertiary alicyclic amines) is 1. The maximum Gasteiger partial charge on any atom is 0.255 e. The maximum atomic E-state index is 12.8. The van der Waals surface area contributed by atoms with Gasteiger partial charge in [0.15, 0.2) is 0 Å². The normalized spacial score (nSPS) is 15.7. The Hall–Kier alpha value is -2.66. The third-order valence-electron chi connectivity index (χ3n) is 7.42. The van der Waals surface area contributed by atoms with Gasteiger partial charge in [-0.2, -0.15) is 0 Å². The van der Waals surface area contributed by atoms with Gasteiger partial charge in [-0.1, -0.05) is 52.0 Å². The van der Waals surface area contributed by atoms with Gasteiger partial charge >= 0.3 is 0 Å². The lowest BCUT2D eigenvalue weighted by atomic mass is 9.87. The molecule has 0 saturated carbocycles. The quantitative estimate of drug-likeness (QED) is 0.458. The third-order valence-corrected chi connectivity index (χ3v) is 7.42. The third kappa shape index (κ3) is 7.92. The lowest BCUT2D eigenvalue weighted by Gasteiger charge is -2.37. The predicted octanol–water partition coefficient (Wildman–Crippen LogP) is 6.14. The fourth-order valence-corrected chi connectivity index (χ4v) is 5.11. The van der Waals surface area contributed by atoms with Crippen LogP contribution in [0.4, 0.5) is 5.69 Å². The zero-order valence-electron chi connectivity index (χ0n) is 23.1. The zero-order valence-corrected chi connectivity index (χ0v) is 23.1. The molecule has 2 amide bonds. The largest absolute Gasteiger partial charge is 0.343 e. The van der Waals surface area contributed by atoms with E-state index in [1.807, 2.05) is 41.3 Å². The van der Waals surface area contributed by atoms with Crippen LogP contribution < -0.4 is 5.32 Å². The summed E-state index contributed by atoms with van der Waals surface area (Å²) >= 11 is 0. The Bertz CT molecular complexity index is 1000. The Morgan fingerprint density at radius 2 is 1.75 bits per heavy atom. The molecular formula is C31H45N3O2. The summed E-state index contributed by atoms with van der Waals surface area (Å²) in [7, 11) is 0. The van der Waals surface area contributed by atoms with Crippen LogP contribution in [0.1, 0.15) is 82.3 Å². The number of amides is 2. The molecule has 0 radical (unpaired) electrons. The Morgan fingerprint density at radius 3 is 2.33 bits per heavy atom. The molecule has 0 aliphatic carbocycles. The number of rotatable bonds is 9. The van der Waals surface area contributed by atoms with Crippen molar-refractivity contribution in [3.05, 3.63) is 65.2 Å². The Balaban J connectivity index is 1.59. The first-order valence-corrected chi connectivity index (χ1v) is 13.6. The molecule has 1 aliphatic heterocycles. The van der Waals surface area contributed by atoms with Crippen molar-refractivity contribution in [2.24, 2.45) is 5.92 Å². The van der Waals surface area contributed by atoms with Crippen molar-refractivity contribution in [3.8, 4) is 0 Å². The lowest BCUT2D eigenvalue weighted by Crippen LogP contribution is -2.43. The molecule has 0 bridgehead atoms. The standard InChI is InChI=1S/C31H45N3O2/c1-7-17-34(22-25-15-18-33(19-16-25)24(3)35)23(2)20-26-9-8-10-29(21-26)32-30(36)27-11-13-28(14-12-27)31(4,5)6/h8-14,21,23,25H,7,15-20,22H2,1-6H3,(H,32,36). The zero-order chi connectivity index (χ0) is 26.3. The van der Waals surface area contributed by atoms with E-state index >= 15 is 0 Å². The van der Waals surface area contributed by atoms with Crippen molar-refractivity contribution in [3.63, 3.8) is 0 Å². The van der Waals surface area contributed by atoms with Gasteiger partial charge in [-0.05, 0) is 85.9 Å². The minimum atomic E-state index is -0.0785. The molecule has 36 heavy (non-hydrogen) atoms. The van der Waals surface area contributed by atoms with E-state index in [4.69, 9.17) is 0 Å². The Morgan fingerprint density at radius 1 is 1.08 bits per heavy atom. The van der Waals surface area contributed by atoms with Gasteiger partial charge in [0.05, 0.1) is 0 Å². The average molecular weight is 492 g/mol. The predicted molar refractivity (Wildman–Crippen MR) is 150 cm³/mol. The molecule has 2 aromatic rings. The molecule has 0 spiro atoms. The summed E-state index contributed by atoms with van der Waals surface area (Å²) in [6, 6.07) is 16.6. The van der Waals surface area contributed by atoms with E-state index in [9.17, 15) is 9.59 Å². The molecule has 1 fully saturated rings. The summed E-state index contributed by atoms with van der Waals surface area (Å²) in [5.74, 6) is 0.760. The van der Waals surface area contributed by atoms with Gasteiger partial charge in [0.2, 0.25) is 5.91 Å². The van der Waals surface area contributed by atoms with Crippen LogP contribution in [0.3, 0.4) is 0 Å². The van der Waals surface area contributed by atoms with Crippen LogP contribution in [0.2, 0.25) is 0 Å². The summed E-state index contributed by atoms with van der Waals surface area (Å²) in [6.45, 7) is 16.7. The number of benzene rings is 2. The number of hydrogen-bond donors (Lipinski definition) is 1. The molecule has 5 nitrogen and oxygen atoms in total. The minimum Gasteiger partial charge on any atom is -0.343 e. The number of anilines is 1. The van der Waals surface area contributed by atoms with Gasteiger partial charge in [-0.15, -0.1) is 0 Å². The van der Waals surface area contributed by atoms with Gasteiger partial charge in [-0.3, -0.25) is 9.59 Å². The molecule has 1 heterocycles. The van der Waals surface area contributed by atoms with E-state index in [1.54, 1.807) is 6.92 Å². The second-order valence-corrected chi connectivity index (χ2v) is 11.5. The highest BCUT2D eigenvalue weighted by Crippen LogP contribution is 2.24. The molecule has 5 heteroatoms. The van der Waals surface area contributed by atoms with Gasteiger partial charge in [-0.25, -0.2) is 0 Å². The average Bonchev–Trinajstić information content (AvgIpc) is 2.84. The molecular weight excluding hydrogens is 446 g/mol. The maximum absolute atomic E-state index is 12.8. The van der Waals surface area contributed by atoms with Crippen LogP contribution >= 0.6 is 0 Å². The first-order valence-electron chi connectivity index (χ1n) is 13.6. The monoisotopic (exact) mass is 491 g/mol. The fraction of sp³-hybridized carbons (Fsp3) is 0.548. The molecule has 1 N–H and O–H groups in total. The smallest absolute Gasteiger partial charge is 0.255 e. The Kier molecular flexibility index (Phi) is 9.72. The van der Waals surface area contributed by atoms with E-state index in [1.165, 1.54) is 11.1 Å². The highest BCUT2D eigenvalue weighted by atomic mass is 16.2. The topological polar surface area (TPSA) is 52.6 Å². The van der Waals surface area contributed by atoms with Crippen LogP contribution in [0, 0.1) is 5.92 Å². The van der Waals surface area contributed by atoms with Crippen molar-refractivity contribution in [1.82, 2.24) is 9.80 Å². The van der Waals surface area contributed by atoms with Gasteiger partial charge in [0.25, 0.3) is 5.91 Å². The first-order chi connectivity index (χ1) is 17.1. The van der Waals surface area contributed by atoms with E-state index in [0.29, 0.717) is 17.5 Å². The van der Waals surface area contributed by atoms with E-state index in [2.05, 4.69) is 57.0 Å². The SMILES string of the molecule is CCCN(CC1CCN(C(C)=O)CC1)C(C)Cc1cccc(NC(=O)c2ccc(C(C)(C)C)cc2)c1. The fourth-order valence-electron chi connectivity index (χ4n) is 5.11. The summed E-state index contributed by atoms with van der Waals surface area (Å²) < 4.78 is 0. The van der Waals surface area contributed by atoms with Crippen molar-refractivity contribution in [1.29, 1.82) is 0 Å². The molecule has 3 rings (SSSR count). The van der Waals surface area contributed by atoms with Crippen molar-refractivity contribution >= 4 is 17.5 Å². The number of nitrogens with zero attached hydrogens (tertiary/aromatic N) is 2. The van der Waals surface area contributed by atoms with Crippen molar-refractivity contribution < 1.29 is 9.59 Å². The van der Waals surface area contributed by atoms with Crippen LogP contribution in [0.15, 0.2) is 48.5 Å². The number of piperidine rings is 1. The van der Waals surface area contributed by atoms with Gasteiger partial charge in [0, 0.05) is 43.9 Å². The molecule has 1 atom stereocenters. The first kappa shape index (κ1) is 27.9. The molecule has 1 aliphatic rings. The van der Waals surface area contributed by atoms with Gasteiger partial charge < -0.3 is 15.1 Å². The molecule has 0 aromatic heterocycles. The minimum absolute atomic E-state index is 0.0670. The lowest BCUT2D eigenvalue weighted by molar-refractivity contribution is -0.130. The van der Waals surface area contributed by atoms with Crippen LogP contribution in [0.25, 0.3) is 0 Å². The second kappa shape index (κ2) is 12.5. The summed E-state index contributed by atoms with van der Waals surface area (Å²) in [6.07, 6.45) is 4.24. The van der Waals surface area contributed by atoms with Crippen molar-refractivity contribution in [2.45, 2.75) is 78.7 Å². The Labute approximate surface area is 218 Å². The summed E-state index contributed by atoms with van der Waals surface area (Å²) in [5, 5.41) is 3.08. The van der Waals surface area contributed by atoms with Crippen molar-refractivity contribution in [2.75, 3.05) is 31.5 Å². The van der Waals surface area contributed by atoms with E-state index in [-0.39, 0.29) is 17.2 Å².